The van der Waals surface area contributed by atoms with E-state index in [1.54, 1.807) is 12.1 Å². The van der Waals surface area contributed by atoms with Gasteiger partial charge in [-0.2, -0.15) is 0 Å². The van der Waals surface area contributed by atoms with Gasteiger partial charge in [0.25, 0.3) is 0 Å². The van der Waals surface area contributed by atoms with Crippen molar-refractivity contribution in [1.29, 1.82) is 0 Å². The molecule has 1 unspecified atom stereocenters. The molecular weight excluding hydrogens is 257 g/mol. The molecule has 0 bridgehead atoms. The monoisotopic (exact) mass is 275 g/mol. The molecule has 1 fully saturated rings. The summed E-state index contributed by atoms with van der Waals surface area (Å²) >= 11 is 0. The van der Waals surface area contributed by atoms with Gasteiger partial charge < -0.3 is 5.73 Å². The lowest BCUT2D eigenvalue weighted by atomic mass is 9.99. The van der Waals surface area contributed by atoms with Crippen molar-refractivity contribution < 1.29 is 4.39 Å². The molecule has 1 aliphatic rings. The normalized spacial score (nSPS) is 17.5. The van der Waals surface area contributed by atoms with Gasteiger partial charge >= 0.3 is 0 Å². The van der Waals surface area contributed by atoms with Crippen molar-refractivity contribution in [2.45, 2.75) is 38.6 Å². The Labute approximate surface area is 117 Å². The minimum atomic E-state index is -0.420. The molecule has 1 aromatic carbocycles. The van der Waals surface area contributed by atoms with E-state index in [1.807, 2.05) is 4.68 Å². The fourth-order valence-electron chi connectivity index (χ4n) is 2.98. The summed E-state index contributed by atoms with van der Waals surface area (Å²) in [6.07, 6.45) is 4.98. The Kier molecular flexibility index (Phi) is 3.38. The van der Waals surface area contributed by atoms with Gasteiger partial charge in [0, 0.05) is 5.56 Å². The number of halogens is 1. The third-order valence-corrected chi connectivity index (χ3v) is 4.21. The van der Waals surface area contributed by atoms with E-state index in [0.29, 0.717) is 11.7 Å². The third kappa shape index (κ3) is 2.26. The number of benzene rings is 1. The molecule has 1 atom stereocenters. The average molecular weight is 275 g/mol. The van der Waals surface area contributed by atoms with Crippen LogP contribution < -0.4 is 5.73 Å². The Bertz CT molecular complexity index is 603. The topological polar surface area (TPSA) is 69.6 Å². The van der Waals surface area contributed by atoms with Gasteiger partial charge in [-0.1, -0.05) is 12.8 Å². The smallest absolute Gasteiger partial charge is 0.182 e. The summed E-state index contributed by atoms with van der Waals surface area (Å²) in [7, 11) is 0. The van der Waals surface area contributed by atoms with Crippen molar-refractivity contribution >= 4 is 5.69 Å². The van der Waals surface area contributed by atoms with E-state index >= 15 is 0 Å². The summed E-state index contributed by atoms with van der Waals surface area (Å²) in [6.45, 7) is 2.14. The van der Waals surface area contributed by atoms with Crippen LogP contribution >= 0.6 is 0 Å². The van der Waals surface area contributed by atoms with Gasteiger partial charge in [-0.15, -0.1) is 5.10 Å². The summed E-state index contributed by atoms with van der Waals surface area (Å²) in [5.74, 6) is 0.836. The molecule has 0 amide bonds. The molecule has 0 saturated heterocycles. The van der Waals surface area contributed by atoms with Crippen LogP contribution in [-0.2, 0) is 0 Å². The van der Waals surface area contributed by atoms with Crippen molar-refractivity contribution in [2.75, 3.05) is 5.73 Å². The Morgan fingerprint density at radius 1 is 1.35 bits per heavy atom. The lowest BCUT2D eigenvalue weighted by molar-refractivity contribution is 0.332. The largest absolute Gasteiger partial charge is 0.396 e. The Balaban J connectivity index is 1.94. The van der Waals surface area contributed by atoms with Crippen LogP contribution in [0.25, 0.3) is 11.4 Å². The Hall–Kier alpha value is -1.98. The van der Waals surface area contributed by atoms with E-state index in [4.69, 9.17) is 5.73 Å². The minimum Gasteiger partial charge on any atom is -0.396 e. The first-order chi connectivity index (χ1) is 9.66. The van der Waals surface area contributed by atoms with Crippen LogP contribution in [0.5, 0.6) is 0 Å². The zero-order valence-electron chi connectivity index (χ0n) is 11.5. The van der Waals surface area contributed by atoms with Gasteiger partial charge in [0.2, 0.25) is 0 Å². The molecule has 2 N–H and O–H groups in total. The second-order valence-corrected chi connectivity index (χ2v) is 5.47. The molecule has 0 spiro atoms. The highest BCUT2D eigenvalue weighted by Crippen LogP contribution is 2.35. The first kappa shape index (κ1) is 13.0. The summed E-state index contributed by atoms with van der Waals surface area (Å²) in [4.78, 5) is 0. The molecule has 5 nitrogen and oxygen atoms in total. The minimum absolute atomic E-state index is 0.116. The van der Waals surface area contributed by atoms with Gasteiger partial charge in [0.1, 0.15) is 5.82 Å². The van der Waals surface area contributed by atoms with Crippen LogP contribution in [0.3, 0.4) is 0 Å². The maximum atomic E-state index is 13.3. The lowest BCUT2D eigenvalue weighted by Crippen LogP contribution is -2.16. The fourth-order valence-corrected chi connectivity index (χ4v) is 2.98. The molecule has 1 saturated carbocycles. The van der Waals surface area contributed by atoms with Crippen molar-refractivity contribution in [3.8, 4) is 11.4 Å². The van der Waals surface area contributed by atoms with E-state index < -0.39 is 5.82 Å². The summed E-state index contributed by atoms with van der Waals surface area (Å²) < 4.78 is 15.1. The zero-order chi connectivity index (χ0) is 14.1. The van der Waals surface area contributed by atoms with Gasteiger partial charge in [-0.25, -0.2) is 9.07 Å². The second-order valence-electron chi connectivity index (χ2n) is 5.47. The average Bonchev–Trinajstić information content (AvgIpc) is 3.11. The molecule has 106 valence electrons. The number of nitrogens with two attached hydrogens (primary N) is 1. The quantitative estimate of drug-likeness (QED) is 0.874. The van der Waals surface area contributed by atoms with Crippen molar-refractivity contribution in [3.63, 3.8) is 0 Å². The molecule has 1 aromatic heterocycles. The second kappa shape index (κ2) is 5.19. The van der Waals surface area contributed by atoms with E-state index in [9.17, 15) is 4.39 Å². The number of hydrogen-bond donors (Lipinski definition) is 1. The predicted octanol–water partition coefficient (Wildman–Crippen LogP) is 2.81. The van der Waals surface area contributed by atoms with E-state index in [2.05, 4.69) is 22.4 Å². The van der Waals surface area contributed by atoms with E-state index in [-0.39, 0.29) is 11.7 Å². The Morgan fingerprint density at radius 3 is 2.80 bits per heavy atom. The highest BCUT2D eigenvalue weighted by atomic mass is 19.1. The van der Waals surface area contributed by atoms with E-state index in [1.165, 1.54) is 31.7 Å². The van der Waals surface area contributed by atoms with E-state index in [0.717, 1.165) is 5.56 Å². The van der Waals surface area contributed by atoms with Crippen LogP contribution in [0, 0.1) is 11.7 Å². The maximum Gasteiger partial charge on any atom is 0.182 e. The van der Waals surface area contributed by atoms with Crippen molar-refractivity contribution in [1.82, 2.24) is 20.2 Å². The molecular formula is C14H18FN5. The molecule has 3 rings (SSSR count). The molecule has 0 radical (unpaired) electrons. The number of aromatic nitrogens is 4. The lowest BCUT2D eigenvalue weighted by Gasteiger charge is -2.19. The summed E-state index contributed by atoms with van der Waals surface area (Å²) in [5, 5.41) is 12.0. The van der Waals surface area contributed by atoms with Gasteiger partial charge in [0.15, 0.2) is 5.82 Å². The van der Waals surface area contributed by atoms with Crippen LogP contribution in [0.4, 0.5) is 10.1 Å². The molecule has 1 aliphatic carbocycles. The highest BCUT2D eigenvalue weighted by molar-refractivity contribution is 5.61. The fraction of sp³-hybridized carbons (Fsp3) is 0.500. The number of tetrazole rings is 1. The number of nitrogens with zero attached hydrogens (tertiary/aromatic N) is 4. The Morgan fingerprint density at radius 2 is 2.10 bits per heavy atom. The van der Waals surface area contributed by atoms with Crippen LogP contribution in [-0.4, -0.2) is 20.2 Å². The molecule has 20 heavy (non-hydrogen) atoms. The van der Waals surface area contributed by atoms with Gasteiger partial charge in [-0.3, -0.25) is 0 Å². The first-order valence-corrected chi connectivity index (χ1v) is 7.00. The van der Waals surface area contributed by atoms with Crippen molar-refractivity contribution in [2.24, 2.45) is 5.92 Å². The van der Waals surface area contributed by atoms with Gasteiger partial charge in [0.05, 0.1) is 11.7 Å². The van der Waals surface area contributed by atoms with Gasteiger partial charge in [-0.05, 0) is 54.3 Å². The number of anilines is 1. The van der Waals surface area contributed by atoms with Crippen LogP contribution in [0.1, 0.15) is 38.6 Å². The summed E-state index contributed by atoms with van der Waals surface area (Å²) in [5.41, 5.74) is 6.49. The maximum absolute atomic E-state index is 13.3. The molecule has 1 heterocycles. The first-order valence-electron chi connectivity index (χ1n) is 7.00. The molecule has 6 heteroatoms. The zero-order valence-corrected chi connectivity index (χ0v) is 11.5. The van der Waals surface area contributed by atoms with Crippen molar-refractivity contribution in [3.05, 3.63) is 24.0 Å². The molecule has 2 aromatic rings. The van der Waals surface area contributed by atoms with Crippen LogP contribution in [0.2, 0.25) is 0 Å². The standard InChI is InChI=1S/C14H18FN5/c1-9(10-4-2-3-5-10)20-14(17-18-19-20)11-6-7-12(15)13(16)8-11/h6-10H,2-5,16H2,1H3. The number of hydrogen-bond acceptors (Lipinski definition) is 4. The summed E-state index contributed by atoms with van der Waals surface area (Å²) in [6, 6.07) is 4.84. The highest BCUT2D eigenvalue weighted by Gasteiger charge is 2.26. The number of rotatable bonds is 3. The van der Waals surface area contributed by atoms with Crippen LogP contribution in [0.15, 0.2) is 18.2 Å². The number of nitrogen functional groups attached to an aromatic ring is 1. The SMILES string of the molecule is CC(C1CCCC1)n1nnnc1-c1ccc(F)c(N)c1. The third-order valence-electron chi connectivity index (χ3n) is 4.21. The molecule has 0 aliphatic heterocycles. The predicted molar refractivity (Wildman–Crippen MR) is 74.3 cm³/mol.